The summed E-state index contributed by atoms with van der Waals surface area (Å²) in [5.74, 6) is 1.69. The maximum absolute atomic E-state index is 12.6. The van der Waals surface area contributed by atoms with Crippen molar-refractivity contribution >= 4 is 88.3 Å². The first-order valence-electron chi connectivity index (χ1n) is 20.8. The summed E-state index contributed by atoms with van der Waals surface area (Å²) in [7, 11) is 0. The van der Waals surface area contributed by atoms with Gasteiger partial charge in [0.05, 0.1) is 19.2 Å². The quantitative estimate of drug-likeness (QED) is 0.0348. The fraction of sp³-hybridized carbons (Fsp3) is 0.465. The number of amides is 1. The maximum atomic E-state index is 12.6. The number of piperazine rings is 1. The fourth-order valence-corrected chi connectivity index (χ4v) is 9.13. The molecule has 6 aromatic rings. The monoisotopic (exact) mass is 947 g/mol. The van der Waals surface area contributed by atoms with Crippen molar-refractivity contribution in [2.24, 2.45) is 5.73 Å². The van der Waals surface area contributed by atoms with E-state index >= 15 is 0 Å². The van der Waals surface area contributed by atoms with E-state index < -0.39 is 6.10 Å². The number of fused-ring (bicyclic) bond motifs is 4. The summed E-state index contributed by atoms with van der Waals surface area (Å²) in [5.41, 5.74) is 11.5. The SMILES string of the molecule is CCCSc1nc(NCCN)c2nnn(Cc3ccc(CCC(=O)NCCCCCN4CCN(CC(O)Cn5c6ccc(Br)cc6c6cc(Br)ccc65)CC4)cc3)c2n1. The van der Waals surface area contributed by atoms with Crippen LogP contribution in [0.2, 0.25) is 0 Å². The lowest BCUT2D eigenvalue weighted by Crippen LogP contribution is -2.49. The van der Waals surface area contributed by atoms with E-state index in [0.29, 0.717) is 74.2 Å². The lowest BCUT2D eigenvalue weighted by atomic mass is 10.1. The number of unbranched alkanes of at least 4 members (excludes halogenated alkanes) is 2. The number of benzene rings is 3. The third-order valence-electron chi connectivity index (χ3n) is 10.8. The van der Waals surface area contributed by atoms with Crippen LogP contribution in [0.3, 0.4) is 0 Å². The third-order valence-corrected chi connectivity index (χ3v) is 12.8. The van der Waals surface area contributed by atoms with Gasteiger partial charge in [-0.1, -0.05) is 86.4 Å². The molecule has 59 heavy (non-hydrogen) atoms. The van der Waals surface area contributed by atoms with Crippen LogP contribution in [-0.4, -0.2) is 121 Å². The van der Waals surface area contributed by atoms with Crippen molar-refractivity contribution in [2.45, 2.75) is 69.8 Å². The van der Waals surface area contributed by atoms with Gasteiger partial charge in [0.25, 0.3) is 0 Å². The summed E-state index contributed by atoms with van der Waals surface area (Å²) < 4.78 is 6.17. The number of anilines is 1. The van der Waals surface area contributed by atoms with Crippen LogP contribution in [-0.2, 0) is 24.3 Å². The molecule has 13 nitrogen and oxygen atoms in total. The third kappa shape index (κ3) is 11.6. The number of nitrogens with zero attached hydrogens (tertiary/aromatic N) is 8. The molecule has 4 heterocycles. The van der Waals surface area contributed by atoms with Crippen LogP contribution in [0.15, 0.2) is 74.8 Å². The zero-order valence-electron chi connectivity index (χ0n) is 33.8. The van der Waals surface area contributed by atoms with Crippen LogP contribution in [0.5, 0.6) is 0 Å². The molecule has 5 N–H and O–H groups in total. The largest absolute Gasteiger partial charge is 0.390 e. The van der Waals surface area contributed by atoms with Gasteiger partial charge in [-0.2, -0.15) is 0 Å². The number of aliphatic hydroxyl groups excluding tert-OH is 1. The first kappa shape index (κ1) is 43.4. The number of aryl methyl sites for hydroxylation is 1. The van der Waals surface area contributed by atoms with E-state index in [1.807, 2.05) is 4.68 Å². The number of aromatic nitrogens is 6. The minimum atomic E-state index is -0.458. The van der Waals surface area contributed by atoms with Gasteiger partial charge in [0.1, 0.15) is 0 Å². The summed E-state index contributed by atoms with van der Waals surface area (Å²) in [6.45, 7) is 10.7. The van der Waals surface area contributed by atoms with Gasteiger partial charge in [0.2, 0.25) is 5.91 Å². The van der Waals surface area contributed by atoms with E-state index in [2.05, 4.69) is 140 Å². The van der Waals surface area contributed by atoms with E-state index in [0.717, 1.165) is 95.3 Å². The van der Waals surface area contributed by atoms with Crippen molar-refractivity contribution in [3.05, 3.63) is 80.7 Å². The van der Waals surface area contributed by atoms with Gasteiger partial charge in [0, 0.05) is 95.3 Å². The molecule has 1 unspecified atom stereocenters. The number of halogens is 2. The molecule has 3 aromatic carbocycles. The molecule has 1 atom stereocenters. The van der Waals surface area contributed by atoms with Gasteiger partial charge in [-0.25, -0.2) is 14.6 Å². The second kappa shape index (κ2) is 21.2. The van der Waals surface area contributed by atoms with Crippen LogP contribution in [0, 0.1) is 0 Å². The molecular formula is C43H55Br2N11O2S. The Kier molecular flexibility index (Phi) is 15.6. The highest BCUT2D eigenvalue weighted by Gasteiger charge is 2.21. The topological polar surface area (TPSA) is 155 Å². The van der Waals surface area contributed by atoms with Crippen molar-refractivity contribution in [2.75, 3.05) is 70.0 Å². The lowest BCUT2D eigenvalue weighted by Gasteiger charge is -2.35. The summed E-state index contributed by atoms with van der Waals surface area (Å²) >= 11 is 8.87. The second-order valence-corrected chi connectivity index (χ2v) is 18.2. The molecule has 1 fully saturated rings. The molecule has 7 rings (SSSR count). The molecule has 0 bridgehead atoms. The van der Waals surface area contributed by atoms with Gasteiger partial charge in [0.15, 0.2) is 22.1 Å². The first-order chi connectivity index (χ1) is 28.8. The zero-order valence-corrected chi connectivity index (χ0v) is 37.7. The van der Waals surface area contributed by atoms with Gasteiger partial charge >= 0.3 is 0 Å². The predicted octanol–water partition coefficient (Wildman–Crippen LogP) is 6.67. The Morgan fingerprint density at radius 2 is 1.58 bits per heavy atom. The molecule has 1 aliphatic heterocycles. The predicted molar refractivity (Wildman–Crippen MR) is 246 cm³/mol. The van der Waals surface area contributed by atoms with Crippen molar-refractivity contribution < 1.29 is 9.90 Å². The number of rotatable bonds is 21. The fourth-order valence-electron chi connectivity index (χ4n) is 7.72. The number of hydrogen-bond donors (Lipinski definition) is 4. The molecule has 0 saturated carbocycles. The minimum Gasteiger partial charge on any atom is -0.390 e. The second-order valence-electron chi connectivity index (χ2n) is 15.3. The standard InChI is InChI=1S/C43H55Br2N11O2S/c1-2-24-59-43-49-41(48-18-16-46)40-42(50-43)56(52-51-40)27-31-8-6-30(7-9-31)10-15-39(58)47-17-4-3-5-19-53-20-22-54(23-21-53)28-34(57)29-55-37-13-11-32(44)25-35(37)36-26-33(45)12-14-38(36)55/h6-9,11-14,25-26,34,57H,2-5,10,15-24,27-29,46H2,1H3,(H,47,58)(H,48,49,50). The molecule has 3 aromatic heterocycles. The van der Waals surface area contributed by atoms with Crippen molar-refractivity contribution in [3.63, 3.8) is 0 Å². The highest BCUT2D eigenvalue weighted by Crippen LogP contribution is 2.33. The van der Waals surface area contributed by atoms with E-state index in [9.17, 15) is 9.90 Å². The molecule has 0 radical (unpaired) electrons. The Morgan fingerprint density at radius 3 is 2.27 bits per heavy atom. The molecule has 0 aliphatic carbocycles. The average Bonchev–Trinajstić information content (AvgIpc) is 3.77. The van der Waals surface area contributed by atoms with Crippen LogP contribution in [0.4, 0.5) is 5.82 Å². The number of β-amino-alcohol motifs (C(OH)–C–C–N with tert-alkyl or cyclic N) is 1. The first-order valence-corrected chi connectivity index (χ1v) is 23.4. The molecule has 16 heteroatoms. The van der Waals surface area contributed by atoms with Crippen molar-refractivity contribution in [1.29, 1.82) is 0 Å². The zero-order chi connectivity index (χ0) is 41.1. The lowest BCUT2D eigenvalue weighted by molar-refractivity contribution is -0.121. The maximum Gasteiger partial charge on any atom is 0.220 e. The van der Waals surface area contributed by atoms with E-state index in [1.165, 1.54) is 10.8 Å². The molecule has 314 valence electrons. The van der Waals surface area contributed by atoms with Crippen LogP contribution in [0.1, 0.15) is 50.2 Å². The number of nitrogens with two attached hydrogens (primary N) is 1. The smallest absolute Gasteiger partial charge is 0.220 e. The highest BCUT2D eigenvalue weighted by atomic mass is 79.9. The van der Waals surface area contributed by atoms with E-state index in [1.54, 1.807) is 11.8 Å². The van der Waals surface area contributed by atoms with Crippen LogP contribution >= 0.6 is 43.6 Å². The summed E-state index contributed by atoms with van der Waals surface area (Å²) in [6, 6.07) is 21.1. The Balaban J connectivity index is 0.769. The molecule has 1 aliphatic rings. The van der Waals surface area contributed by atoms with Gasteiger partial charge in [-0.05, 0) is 79.8 Å². The molecule has 0 spiro atoms. The summed E-state index contributed by atoms with van der Waals surface area (Å²) in [5, 5.41) is 29.4. The van der Waals surface area contributed by atoms with Crippen molar-refractivity contribution in [3.8, 4) is 0 Å². The van der Waals surface area contributed by atoms with Crippen LogP contribution < -0.4 is 16.4 Å². The Morgan fingerprint density at radius 1 is 0.881 bits per heavy atom. The Labute approximate surface area is 367 Å². The van der Waals surface area contributed by atoms with Gasteiger partial charge in [-0.3, -0.25) is 9.69 Å². The molecule has 1 amide bonds. The van der Waals surface area contributed by atoms with Crippen molar-refractivity contribution in [1.82, 2.24) is 44.6 Å². The molecule has 1 saturated heterocycles. The summed E-state index contributed by atoms with van der Waals surface area (Å²) in [4.78, 5) is 27.0. The number of carbonyl (C=O) groups is 1. The number of hydrogen-bond acceptors (Lipinski definition) is 11. The molecular weight excluding hydrogens is 894 g/mol. The highest BCUT2D eigenvalue weighted by molar-refractivity contribution is 9.10. The number of thioether (sulfide) groups is 1. The Bertz CT molecular complexity index is 2250. The normalized spacial score (nSPS) is 14.5. The van der Waals surface area contributed by atoms with Crippen LogP contribution in [0.25, 0.3) is 33.0 Å². The average molecular weight is 950 g/mol. The van der Waals surface area contributed by atoms with E-state index in [4.69, 9.17) is 10.7 Å². The Hall–Kier alpha value is -3.64. The number of aliphatic hydroxyl groups is 1. The van der Waals surface area contributed by atoms with Gasteiger partial charge < -0.3 is 30.9 Å². The van der Waals surface area contributed by atoms with E-state index in [-0.39, 0.29) is 5.91 Å². The summed E-state index contributed by atoms with van der Waals surface area (Å²) in [6.07, 6.45) is 4.92. The number of carbonyl (C=O) groups excluding carboxylic acids is 1. The number of nitrogens with one attached hydrogen (secondary N) is 2. The van der Waals surface area contributed by atoms with Gasteiger partial charge in [-0.15, -0.1) is 5.10 Å². The minimum absolute atomic E-state index is 0.0937.